The molecule has 0 amide bonds. The van der Waals surface area contributed by atoms with Gasteiger partial charge in [0.1, 0.15) is 17.3 Å². The standard InChI is InChI=1S/C18H21O3S/c1-13(2)20-18(19)21-15-8-9-16-14(12-15)6-5-7-17(16)22-10-3-4-11-22/h5-9,12-13H,3-4,10-11H2,1-2H3/q+1. The second-order valence-corrected chi connectivity index (χ2v) is 8.01. The van der Waals surface area contributed by atoms with Crippen LogP contribution in [0.4, 0.5) is 4.79 Å². The highest BCUT2D eigenvalue weighted by atomic mass is 32.2. The number of carbonyl (C=O) groups is 1. The third-order valence-electron chi connectivity index (χ3n) is 3.69. The molecule has 4 heteroatoms. The Balaban J connectivity index is 1.86. The highest BCUT2D eigenvalue weighted by molar-refractivity contribution is 7.97. The Morgan fingerprint density at radius 2 is 1.91 bits per heavy atom. The van der Waals surface area contributed by atoms with Gasteiger partial charge in [0.2, 0.25) is 0 Å². The van der Waals surface area contributed by atoms with Gasteiger partial charge in [-0.25, -0.2) is 4.79 Å². The Labute approximate surface area is 134 Å². The van der Waals surface area contributed by atoms with Crippen LogP contribution in [0.25, 0.3) is 10.8 Å². The lowest BCUT2D eigenvalue weighted by molar-refractivity contribution is 0.0729. The average molecular weight is 317 g/mol. The van der Waals surface area contributed by atoms with Gasteiger partial charge in [-0.3, -0.25) is 0 Å². The summed E-state index contributed by atoms with van der Waals surface area (Å²) in [5.41, 5.74) is 0. The maximum atomic E-state index is 11.6. The Kier molecular flexibility index (Phi) is 4.57. The molecule has 22 heavy (non-hydrogen) atoms. The van der Waals surface area contributed by atoms with Crippen LogP contribution in [0.15, 0.2) is 41.3 Å². The maximum absolute atomic E-state index is 11.6. The van der Waals surface area contributed by atoms with Crippen molar-refractivity contribution in [3.63, 3.8) is 0 Å². The van der Waals surface area contributed by atoms with Crippen LogP contribution in [0.1, 0.15) is 26.7 Å². The molecule has 1 saturated heterocycles. The summed E-state index contributed by atoms with van der Waals surface area (Å²) in [5, 5.41) is 2.39. The molecule has 0 N–H and O–H groups in total. The Morgan fingerprint density at radius 3 is 2.64 bits per heavy atom. The van der Waals surface area contributed by atoms with Crippen LogP contribution >= 0.6 is 0 Å². The first-order chi connectivity index (χ1) is 10.6. The largest absolute Gasteiger partial charge is 0.514 e. The van der Waals surface area contributed by atoms with Crippen LogP contribution in [0.5, 0.6) is 5.75 Å². The second-order valence-electron chi connectivity index (χ2n) is 5.77. The fourth-order valence-corrected chi connectivity index (χ4v) is 5.25. The van der Waals surface area contributed by atoms with Crippen LogP contribution in [0, 0.1) is 0 Å². The van der Waals surface area contributed by atoms with E-state index in [4.69, 9.17) is 9.47 Å². The van der Waals surface area contributed by atoms with Crippen molar-refractivity contribution in [2.45, 2.75) is 37.7 Å². The minimum absolute atomic E-state index is 0.178. The predicted octanol–water partition coefficient (Wildman–Crippen LogP) is 4.53. The van der Waals surface area contributed by atoms with Gasteiger partial charge in [0, 0.05) is 16.3 Å². The first-order valence-corrected chi connectivity index (χ1v) is 9.28. The maximum Gasteiger partial charge on any atom is 0.514 e. The molecule has 0 radical (unpaired) electrons. The van der Waals surface area contributed by atoms with Crippen molar-refractivity contribution in [3.8, 4) is 5.75 Å². The van der Waals surface area contributed by atoms with Crippen LogP contribution in [-0.4, -0.2) is 23.8 Å². The lowest BCUT2D eigenvalue weighted by Crippen LogP contribution is -2.15. The minimum atomic E-state index is -0.650. The van der Waals surface area contributed by atoms with Gasteiger partial charge in [-0.05, 0) is 56.3 Å². The number of ether oxygens (including phenoxy) is 2. The number of rotatable bonds is 3. The molecule has 1 fully saturated rings. The van der Waals surface area contributed by atoms with Gasteiger partial charge >= 0.3 is 6.16 Å². The third-order valence-corrected chi connectivity index (χ3v) is 6.23. The summed E-state index contributed by atoms with van der Waals surface area (Å²) in [6, 6.07) is 12.2. The van der Waals surface area contributed by atoms with Crippen LogP contribution in [0.2, 0.25) is 0 Å². The lowest BCUT2D eigenvalue weighted by atomic mass is 10.1. The van der Waals surface area contributed by atoms with Gasteiger partial charge in [0.25, 0.3) is 0 Å². The molecular formula is C18H21O3S+. The van der Waals surface area contributed by atoms with Crippen molar-refractivity contribution in [2.75, 3.05) is 11.5 Å². The zero-order chi connectivity index (χ0) is 15.5. The molecule has 1 heterocycles. The van der Waals surface area contributed by atoms with E-state index < -0.39 is 6.16 Å². The molecule has 0 atom stereocenters. The Bertz CT molecular complexity index is 675. The van der Waals surface area contributed by atoms with Gasteiger partial charge in [-0.15, -0.1) is 0 Å². The molecule has 116 valence electrons. The molecule has 0 unspecified atom stereocenters. The molecule has 3 rings (SSSR count). The van der Waals surface area contributed by atoms with E-state index >= 15 is 0 Å². The van der Waals surface area contributed by atoms with Crippen molar-refractivity contribution in [2.24, 2.45) is 0 Å². The summed E-state index contributed by atoms with van der Waals surface area (Å²) in [6.45, 7) is 3.60. The van der Waals surface area contributed by atoms with Gasteiger partial charge in [0.15, 0.2) is 4.90 Å². The molecule has 0 aromatic heterocycles. The van der Waals surface area contributed by atoms with Gasteiger partial charge < -0.3 is 9.47 Å². The summed E-state index contributed by atoms with van der Waals surface area (Å²) in [6.07, 6.45) is 1.84. The number of hydrogen-bond acceptors (Lipinski definition) is 3. The van der Waals surface area contributed by atoms with Gasteiger partial charge in [-0.1, -0.05) is 12.1 Å². The van der Waals surface area contributed by atoms with Crippen molar-refractivity contribution in [3.05, 3.63) is 36.4 Å². The number of hydrogen-bond donors (Lipinski definition) is 0. The van der Waals surface area contributed by atoms with Crippen molar-refractivity contribution >= 4 is 27.8 Å². The quantitative estimate of drug-likeness (QED) is 0.474. The molecule has 1 aliphatic rings. The first-order valence-electron chi connectivity index (χ1n) is 7.72. The van der Waals surface area contributed by atoms with E-state index in [-0.39, 0.29) is 6.10 Å². The smallest absolute Gasteiger partial charge is 0.431 e. The predicted molar refractivity (Wildman–Crippen MR) is 90.8 cm³/mol. The van der Waals surface area contributed by atoms with E-state index in [0.29, 0.717) is 16.6 Å². The SMILES string of the molecule is CC(C)OC(=O)Oc1ccc2c([S+]3CCCC3)cccc2c1. The highest BCUT2D eigenvalue weighted by Gasteiger charge is 2.28. The summed E-state index contributed by atoms with van der Waals surface area (Å²) >= 11 is 0. The van der Waals surface area contributed by atoms with E-state index in [1.807, 2.05) is 12.1 Å². The lowest BCUT2D eigenvalue weighted by Gasteiger charge is -2.10. The topological polar surface area (TPSA) is 35.5 Å². The molecule has 0 bridgehead atoms. The molecule has 3 nitrogen and oxygen atoms in total. The van der Waals surface area contributed by atoms with E-state index in [1.165, 1.54) is 34.6 Å². The molecule has 1 aliphatic heterocycles. The number of benzene rings is 2. The monoisotopic (exact) mass is 317 g/mol. The van der Waals surface area contributed by atoms with Crippen LogP contribution in [-0.2, 0) is 15.6 Å². The molecule has 2 aromatic rings. The van der Waals surface area contributed by atoms with Crippen LogP contribution < -0.4 is 4.74 Å². The van der Waals surface area contributed by atoms with Gasteiger partial charge in [-0.2, -0.15) is 0 Å². The summed E-state index contributed by atoms with van der Waals surface area (Å²) in [7, 11) is 0.377. The molecule has 0 saturated carbocycles. The van der Waals surface area contributed by atoms with E-state index in [1.54, 1.807) is 13.8 Å². The summed E-state index contributed by atoms with van der Waals surface area (Å²) in [5.74, 6) is 3.14. The highest BCUT2D eigenvalue weighted by Crippen LogP contribution is 2.31. The average Bonchev–Trinajstić information content (AvgIpc) is 2.99. The third kappa shape index (κ3) is 3.38. The van der Waals surface area contributed by atoms with Crippen LogP contribution in [0.3, 0.4) is 0 Å². The molecule has 0 spiro atoms. The second kappa shape index (κ2) is 6.61. The fraction of sp³-hybridized carbons (Fsp3) is 0.389. The summed E-state index contributed by atoms with van der Waals surface area (Å²) in [4.78, 5) is 13.0. The minimum Gasteiger partial charge on any atom is -0.431 e. The first kappa shape index (κ1) is 15.2. The Hall–Kier alpha value is -1.68. The summed E-state index contributed by atoms with van der Waals surface area (Å²) < 4.78 is 10.3. The fourth-order valence-electron chi connectivity index (χ4n) is 2.73. The molecule has 2 aromatic carbocycles. The molecular weight excluding hydrogens is 296 g/mol. The Morgan fingerprint density at radius 1 is 1.14 bits per heavy atom. The van der Waals surface area contributed by atoms with Crippen molar-refractivity contribution < 1.29 is 14.3 Å². The normalized spacial score (nSPS) is 15.4. The van der Waals surface area contributed by atoms with Crippen molar-refractivity contribution in [1.82, 2.24) is 0 Å². The van der Waals surface area contributed by atoms with Gasteiger partial charge in [0.05, 0.1) is 6.10 Å². The number of fused-ring (bicyclic) bond motifs is 1. The van der Waals surface area contributed by atoms with Crippen molar-refractivity contribution in [1.29, 1.82) is 0 Å². The van der Waals surface area contributed by atoms with E-state index in [9.17, 15) is 4.79 Å². The molecule has 0 aliphatic carbocycles. The number of carbonyl (C=O) groups excluding carboxylic acids is 1. The zero-order valence-corrected chi connectivity index (χ0v) is 13.8. The van der Waals surface area contributed by atoms with E-state index in [2.05, 4.69) is 24.3 Å². The van der Waals surface area contributed by atoms with E-state index in [0.717, 1.165) is 5.39 Å². The zero-order valence-electron chi connectivity index (χ0n) is 13.0.